The number of hydrogen-bond acceptors (Lipinski definition) is 4. The average molecular weight is 264 g/mol. The molecule has 0 unspecified atom stereocenters. The zero-order chi connectivity index (χ0) is 10.8. The van der Waals surface area contributed by atoms with Gasteiger partial charge in [0.25, 0.3) is 0 Å². The summed E-state index contributed by atoms with van der Waals surface area (Å²) in [4.78, 5) is 3.82. The minimum absolute atomic E-state index is 0.214. The number of halogens is 1. The molecule has 0 radical (unpaired) electrons. The van der Waals surface area contributed by atoms with Crippen LogP contribution in [0.25, 0.3) is 5.69 Å². The second-order valence-corrected chi connectivity index (χ2v) is 3.68. The van der Waals surface area contributed by atoms with Crippen molar-refractivity contribution in [1.29, 1.82) is 5.26 Å². The standard InChI is InChI=1S/C9H6BrN5/c10-7-3-6(4-11)1-2-8(7)15-5-13-9(12)14-15/h1-3,5H,(H2,12,14). The van der Waals surface area contributed by atoms with Crippen molar-refractivity contribution in [3.63, 3.8) is 0 Å². The van der Waals surface area contributed by atoms with Gasteiger partial charge in [0.15, 0.2) is 0 Å². The molecular formula is C9H6BrN5. The maximum Gasteiger partial charge on any atom is 0.239 e. The van der Waals surface area contributed by atoms with E-state index < -0.39 is 0 Å². The third-order valence-corrected chi connectivity index (χ3v) is 2.47. The fourth-order valence-electron chi connectivity index (χ4n) is 1.15. The summed E-state index contributed by atoms with van der Waals surface area (Å²) in [5.41, 5.74) is 6.78. The highest BCUT2D eigenvalue weighted by molar-refractivity contribution is 9.10. The predicted molar refractivity (Wildman–Crippen MR) is 58.2 cm³/mol. The van der Waals surface area contributed by atoms with Crippen LogP contribution < -0.4 is 5.73 Å². The number of benzene rings is 1. The van der Waals surface area contributed by atoms with Gasteiger partial charge in [-0.1, -0.05) is 0 Å². The second kappa shape index (κ2) is 3.71. The Morgan fingerprint density at radius 2 is 2.27 bits per heavy atom. The maximum atomic E-state index is 8.70. The number of nitrogen functional groups attached to an aromatic ring is 1. The molecule has 2 N–H and O–H groups in total. The van der Waals surface area contributed by atoms with E-state index in [-0.39, 0.29) is 5.95 Å². The molecule has 0 saturated carbocycles. The molecule has 15 heavy (non-hydrogen) atoms. The fourth-order valence-corrected chi connectivity index (χ4v) is 1.71. The number of rotatable bonds is 1. The van der Waals surface area contributed by atoms with E-state index in [1.54, 1.807) is 22.9 Å². The Labute approximate surface area is 94.3 Å². The summed E-state index contributed by atoms with van der Waals surface area (Å²) in [7, 11) is 0. The van der Waals surface area contributed by atoms with Crippen LogP contribution in [0, 0.1) is 11.3 Å². The molecule has 2 aromatic rings. The molecule has 0 bridgehead atoms. The molecule has 1 heterocycles. The minimum Gasteiger partial charge on any atom is -0.366 e. The first-order chi connectivity index (χ1) is 7.20. The normalized spacial score (nSPS) is 9.87. The van der Waals surface area contributed by atoms with Crippen LogP contribution in [0.15, 0.2) is 29.0 Å². The minimum atomic E-state index is 0.214. The molecule has 1 aromatic heterocycles. The summed E-state index contributed by atoms with van der Waals surface area (Å²) in [6.07, 6.45) is 1.52. The van der Waals surface area contributed by atoms with Crippen molar-refractivity contribution < 1.29 is 0 Å². The lowest BCUT2D eigenvalue weighted by molar-refractivity contribution is 0.878. The molecule has 74 valence electrons. The SMILES string of the molecule is N#Cc1ccc(-n2cnc(N)n2)c(Br)c1. The van der Waals surface area contributed by atoms with Crippen LogP contribution in [0.5, 0.6) is 0 Å². The van der Waals surface area contributed by atoms with E-state index in [9.17, 15) is 0 Å². The van der Waals surface area contributed by atoms with Crippen molar-refractivity contribution in [3.05, 3.63) is 34.6 Å². The molecule has 0 aliphatic heterocycles. The summed E-state index contributed by atoms with van der Waals surface area (Å²) in [5.74, 6) is 0.214. The van der Waals surface area contributed by atoms with Gasteiger partial charge in [-0.15, -0.1) is 5.10 Å². The zero-order valence-electron chi connectivity index (χ0n) is 7.55. The Hall–Kier alpha value is -1.87. The Kier molecular flexibility index (Phi) is 2.39. The molecule has 0 aliphatic rings. The molecule has 1 aromatic carbocycles. The van der Waals surface area contributed by atoms with Crippen LogP contribution in [-0.2, 0) is 0 Å². The van der Waals surface area contributed by atoms with Crippen molar-refractivity contribution in [2.75, 3.05) is 5.73 Å². The third-order valence-electron chi connectivity index (χ3n) is 1.83. The van der Waals surface area contributed by atoms with Gasteiger partial charge in [-0.05, 0) is 34.1 Å². The molecule has 0 saturated heterocycles. The lowest BCUT2D eigenvalue weighted by Gasteiger charge is -2.02. The van der Waals surface area contributed by atoms with Gasteiger partial charge < -0.3 is 5.73 Å². The lowest BCUT2D eigenvalue weighted by atomic mass is 10.2. The van der Waals surface area contributed by atoms with Crippen molar-refractivity contribution in [2.45, 2.75) is 0 Å². The highest BCUT2D eigenvalue weighted by Gasteiger charge is 2.05. The molecule has 0 fully saturated rings. The van der Waals surface area contributed by atoms with E-state index >= 15 is 0 Å². The Morgan fingerprint density at radius 1 is 1.47 bits per heavy atom. The average Bonchev–Trinajstić information content (AvgIpc) is 2.64. The first-order valence-electron chi connectivity index (χ1n) is 4.08. The Balaban J connectivity index is 2.51. The number of hydrogen-bond donors (Lipinski definition) is 1. The van der Waals surface area contributed by atoms with E-state index in [2.05, 4.69) is 32.1 Å². The second-order valence-electron chi connectivity index (χ2n) is 2.83. The number of nitrogens with zero attached hydrogens (tertiary/aromatic N) is 4. The van der Waals surface area contributed by atoms with Gasteiger partial charge in [0.2, 0.25) is 5.95 Å². The van der Waals surface area contributed by atoms with Crippen molar-refractivity contribution in [2.24, 2.45) is 0 Å². The summed E-state index contributed by atoms with van der Waals surface area (Å²) >= 11 is 3.35. The molecule has 0 amide bonds. The highest BCUT2D eigenvalue weighted by Crippen LogP contribution is 2.21. The van der Waals surface area contributed by atoms with E-state index in [0.717, 1.165) is 10.2 Å². The van der Waals surface area contributed by atoms with Crippen LogP contribution in [-0.4, -0.2) is 14.8 Å². The summed E-state index contributed by atoms with van der Waals surface area (Å²) in [5, 5.41) is 12.7. The summed E-state index contributed by atoms with van der Waals surface area (Å²) < 4.78 is 2.31. The van der Waals surface area contributed by atoms with Crippen molar-refractivity contribution in [1.82, 2.24) is 14.8 Å². The van der Waals surface area contributed by atoms with Crippen LogP contribution in [0.1, 0.15) is 5.56 Å². The topological polar surface area (TPSA) is 80.5 Å². The lowest BCUT2D eigenvalue weighted by Crippen LogP contribution is -1.97. The molecule has 0 spiro atoms. The van der Waals surface area contributed by atoms with E-state index in [1.165, 1.54) is 6.33 Å². The van der Waals surface area contributed by atoms with Gasteiger partial charge in [0.1, 0.15) is 6.33 Å². The number of nitriles is 1. The van der Waals surface area contributed by atoms with Crippen LogP contribution in [0.4, 0.5) is 5.95 Å². The monoisotopic (exact) mass is 263 g/mol. The fraction of sp³-hybridized carbons (Fsp3) is 0. The molecular weight excluding hydrogens is 258 g/mol. The van der Waals surface area contributed by atoms with Gasteiger partial charge in [-0.2, -0.15) is 5.26 Å². The van der Waals surface area contributed by atoms with E-state index in [4.69, 9.17) is 11.0 Å². The Bertz CT molecular complexity index is 540. The van der Waals surface area contributed by atoms with Crippen molar-refractivity contribution >= 4 is 21.9 Å². The van der Waals surface area contributed by atoms with E-state index in [1.807, 2.05) is 0 Å². The number of nitrogens with two attached hydrogens (primary N) is 1. The summed E-state index contributed by atoms with van der Waals surface area (Å²) in [6.45, 7) is 0. The summed E-state index contributed by atoms with van der Waals surface area (Å²) in [6, 6.07) is 7.25. The highest BCUT2D eigenvalue weighted by atomic mass is 79.9. The van der Waals surface area contributed by atoms with Crippen LogP contribution in [0.2, 0.25) is 0 Å². The first kappa shape index (κ1) is 9.68. The molecule has 0 aliphatic carbocycles. The molecule has 5 nitrogen and oxygen atoms in total. The number of anilines is 1. The quantitative estimate of drug-likeness (QED) is 0.845. The molecule has 2 rings (SSSR count). The van der Waals surface area contributed by atoms with E-state index in [0.29, 0.717) is 5.56 Å². The van der Waals surface area contributed by atoms with Crippen LogP contribution >= 0.6 is 15.9 Å². The van der Waals surface area contributed by atoms with Gasteiger partial charge >= 0.3 is 0 Å². The van der Waals surface area contributed by atoms with Gasteiger partial charge in [0.05, 0.1) is 17.3 Å². The zero-order valence-corrected chi connectivity index (χ0v) is 9.14. The van der Waals surface area contributed by atoms with Crippen LogP contribution in [0.3, 0.4) is 0 Å². The largest absolute Gasteiger partial charge is 0.366 e. The smallest absolute Gasteiger partial charge is 0.239 e. The maximum absolute atomic E-state index is 8.70. The van der Waals surface area contributed by atoms with Crippen molar-refractivity contribution in [3.8, 4) is 11.8 Å². The first-order valence-corrected chi connectivity index (χ1v) is 4.87. The molecule has 0 atom stereocenters. The van der Waals surface area contributed by atoms with Gasteiger partial charge in [-0.25, -0.2) is 9.67 Å². The third kappa shape index (κ3) is 1.82. The van der Waals surface area contributed by atoms with Gasteiger partial charge in [0, 0.05) is 4.47 Å². The number of aromatic nitrogens is 3. The molecule has 6 heteroatoms. The Morgan fingerprint density at radius 3 is 2.80 bits per heavy atom. The van der Waals surface area contributed by atoms with Gasteiger partial charge in [-0.3, -0.25) is 0 Å². The predicted octanol–water partition coefficient (Wildman–Crippen LogP) is 1.48.